The molecular weight excluding hydrogens is 220 g/mol. The normalized spacial score (nSPS) is 16.9. The Morgan fingerprint density at radius 3 is 2.41 bits per heavy atom. The highest BCUT2D eigenvalue weighted by Gasteiger charge is 2.29. The molecule has 1 aromatic rings. The number of carbonyl (C=O) groups is 2. The summed E-state index contributed by atoms with van der Waals surface area (Å²) in [6.07, 6.45) is 0. The lowest BCUT2D eigenvalue weighted by Gasteiger charge is -2.27. The van der Waals surface area contributed by atoms with Gasteiger partial charge in [-0.05, 0) is 5.56 Å². The second-order valence-electron chi connectivity index (χ2n) is 4.05. The van der Waals surface area contributed by atoms with Crippen LogP contribution >= 0.6 is 0 Å². The van der Waals surface area contributed by atoms with Gasteiger partial charge in [0.05, 0.1) is 5.92 Å². The number of nitrogens with one attached hydrogen (secondary N) is 2. The molecule has 1 heterocycles. The minimum atomic E-state index is -1.04. The molecule has 1 saturated heterocycles. The van der Waals surface area contributed by atoms with Gasteiger partial charge in [-0.2, -0.15) is 0 Å². The molecule has 1 amide bonds. The molecule has 1 atom stereocenters. The highest BCUT2D eigenvalue weighted by molar-refractivity contribution is 5.86. The van der Waals surface area contributed by atoms with E-state index < -0.39 is 12.0 Å². The van der Waals surface area contributed by atoms with Crippen LogP contribution in [-0.2, 0) is 9.59 Å². The van der Waals surface area contributed by atoms with Gasteiger partial charge >= 0.3 is 5.97 Å². The Morgan fingerprint density at radius 1 is 1.29 bits per heavy atom. The Balaban J connectivity index is 2.07. The molecule has 1 aromatic carbocycles. The molecular formula is C12H14N2O3. The Hall–Kier alpha value is -1.88. The SMILES string of the molecule is O=C(NC(C(=O)O)c1ccccc1)C1CNC1. The molecule has 0 bridgehead atoms. The van der Waals surface area contributed by atoms with E-state index in [0.717, 1.165) is 0 Å². The van der Waals surface area contributed by atoms with E-state index in [1.54, 1.807) is 30.3 Å². The molecule has 17 heavy (non-hydrogen) atoms. The number of carboxylic acids is 1. The summed E-state index contributed by atoms with van der Waals surface area (Å²) in [5.41, 5.74) is 0.584. The monoisotopic (exact) mass is 234 g/mol. The summed E-state index contributed by atoms with van der Waals surface area (Å²) in [5, 5.41) is 14.7. The van der Waals surface area contributed by atoms with Gasteiger partial charge in [-0.3, -0.25) is 4.79 Å². The van der Waals surface area contributed by atoms with Crippen LogP contribution in [0, 0.1) is 5.92 Å². The number of aliphatic carboxylic acids is 1. The predicted molar refractivity (Wildman–Crippen MR) is 61.3 cm³/mol. The topological polar surface area (TPSA) is 78.4 Å². The van der Waals surface area contributed by atoms with E-state index >= 15 is 0 Å². The van der Waals surface area contributed by atoms with E-state index in [1.807, 2.05) is 0 Å². The molecule has 0 saturated carbocycles. The first-order valence-electron chi connectivity index (χ1n) is 5.47. The van der Waals surface area contributed by atoms with Gasteiger partial charge in [0.2, 0.25) is 5.91 Å². The Morgan fingerprint density at radius 2 is 1.94 bits per heavy atom. The lowest BCUT2D eigenvalue weighted by atomic mass is 10.0. The van der Waals surface area contributed by atoms with Gasteiger partial charge in [-0.15, -0.1) is 0 Å². The molecule has 1 aliphatic heterocycles. The van der Waals surface area contributed by atoms with Crippen LogP contribution in [0.25, 0.3) is 0 Å². The van der Waals surface area contributed by atoms with Crippen molar-refractivity contribution in [2.75, 3.05) is 13.1 Å². The fraction of sp³-hybridized carbons (Fsp3) is 0.333. The average molecular weight is 234 g/mol. The maximum absolute atomic E-state index is 11.7. The first-order valence-corrected chi connectivity index (χ1v) is 5.47. The zero-order chi connectivity index (χ0) is 12.3. The lowest BCUT2D eigenvalue weighted by Crippen LogP contribution is -2.52. The van der Waals surface area contributed by atoms with Crippen molar-refractivity contribution in [2.24, 2.45) is 5.92 Å². The number of hydrogen-bond donors (Lipinski definition) is 3. The van der Waals surface area contributed by atoms with Crippen molar-refractivity contribution in [2.45, 2.75) is 6.04 Å². The highest BCUT2D eigenvalue weighted by Crippen LogP contribution is 2.14. The lowest BCUT2D eigenvalue weighted by molar-refractivity contribution is -0.143. The Bertz CT molecular complexity index is 415. The quantitative estimate of drug-likeness (QED) is 0.693. The Kier molecular flexibility index (Phi) is 3.39. The first kappa shape index (κ1) is 11.6. The molecule has 0 spiro atoms. The average Bonchev–Trinajstić information content (AvgIpc) is 2.24. The van der Waals surface area contributed by atoms with Crippen LogP contribution in [0.2, 0.25) is 0 Å². The van der Waals surface area contributed by atoms with Crippen LogP contribution in [0.4, 0.5) is 0 Å². The number of rotatable bonds is 4. The third-order valence-corrected chi connectivity index (χ3v) is 2.82. The fourth-order valence-corrected chi connectivity index (χ4v) is 1.67. The van der Waals surface area contributed by atoms with E-state index in [1.165, 1.54) is 0 Å². The highest BCUT2D eigenvalue weighted by atomic mass is 16.4. The van der Waals surface area contributed by atoms with Crippen LogP contribution in [0.1, 0.15) is 11.6 Å². The van der Waals surface area contributed by atoms with Crippen LogP contribution in [-0.4, -0.2) is 30.1 Å². The van der Waals surface area contributed by atoms with Crippen molar-refractivity contribution >= 4 is 11.9 Å². The van der Waals surface area contributed by atoms with Crippen molar-refractivity contribution < 1.29 is 14.7 Å². The van der Waals surface area contributed by atoms with Crippen molar-refractivity contribution in [3.05, 3.63) is 35.9 Å². The number of hydrogen-bond acceptors (Lipinski definition) is 3. The molecule has 5 nitrogen and oxygen atoms in total. The zero-order valence-corrected chi connectivity index (χ0v) is 9.22. The summed E-state index contributed by atoms with van der Waals surface area (Å²) >= 11 is 0. The maximum atomic E-state index is 11.7. The van der Waals surface area contributed by atoms with Gasteiger partial charge in [-0.25, -0.2) is 4.79 Å². The summed E-state index contributed by atoms with van der Waals surface area (Å²) in [6, 6.07) is 7.73. The van der Waals surface area contributed by atoms with Gasteiger partial charge in [0, 0.05) is 13.1 Å². The van der Waals surface area contributed by atoms with E-state index in [0.29, 0.717) is 18.7 Å². The predicted octanol–water partition coefficient (Wildman–Crippen LogP) is 0.148. The number of amides is 1. The van der Waals surface area contributed by atoms with E-state index in [-0.39, 0.29) is 11.8 Å². The number of carbonyl (C=O) groups excluding carboxylic acids is 1. The van der Waals surface area contributed by atoms with Crippen LogP contribution in [0.15, 0.2) is 30.3 Å². The summed E-state index contributed by atoms with van der Waals surface area (Å²) in [4.78, 5) is 22.8. The smallest absolute Gasteiger partial charge is 0.330 e. The molecule has 2 rings (SSSR count). The van der Waals surface area contributed by atoms with Crippen molar-refractivity contribution in [3.63, 3.8) is 0 Å². The first-order chi connectivity index (χ1) is 8.18. The molecule has 0 aromatic heterocycles. The summed E-state index contributed by atoms with van der Waals surface area (Å²) in [6.45, 7) is 1.24. The zero-order valence-electron chi connectivity index (χ0n) is 9.22. The van der Waals surface area contributed by atoms with Gasteiger partial charge in [0.25, 0.3) is 0 Å². The van der Waals surface area contributed by atoms with E-state index in [9.17, 15) is 9.59 Å². The summed E-state index contributed by atoms with van der Waals surface area (Å²) in [7, 11) is 0. The number of carboxylic acid groups (broad SMARTS) is 1. The maximum Gasteiger partial charge on any atom is 0.330 e. The summed E-state index contributed by atoms with van der Waals surface area (Å²) < 4.78 is 0. The van der Waals surface area contributed by atoms with E-state index in [2.05, 4.69) is 10.6 Å². The molecule has 5 heteroatoms. The van der Waals surface area contributed by atoms with Gasteiger partial charge in [0.1, 0.15) is 0 Å². The minimum Gasteiger partial charge on any atom is -0.479 e. The van der Waals surface area contributed by atoms with Crippen LogP contribution < -0.4 is 10.6 Å². The van der Waals surface area contributed by atoms with Crippen molar-refractivity contribution in [1.29, 1.82) is 0 Å². The molecule has 1 aliphatic rings. The van der Waals surface area contributed by atoms with Crippen molar-refractivity contribution in [1.82, 2.24) is 10.6 Å². The van der Waals surface area contributed by atoms with Gasteiger partial charge in [-0.1, -0.05) is 30.3 Å². The Labute approximate surface area is 98.8 Å². The van der Waals surface area contributed by atoms with Crippen LogP contribution in [0.5, 0.6) is 0 Å². The second kappa shape index (κ2) is 4.97. The standard InChI is InChI=1S/C12H14N2O3/c15-11(9-6-13-7-9)14-10(12(16)17)8-4-2-1-3-5-8/h1-5,9-10,13H,6-7H2,(H,14,15)(H,16,17). The fourth-order valence-electron chi connectivity index (χ4n) is 1.67. The summed E-state index contributed by atoms with van der Waals surface area (Å²) in [5.74, 6) is -1.36. The van der Waals surface area contributed by atoms with Gasteiger partial charge in [0.15, 0.2) is 6.04 Å². The second-order valence-corrected chi connectivity index (χ2v) is 4.05. The van der Waals surface area contributed by atoms with E-state index in [4.69, 9.17) is 5.11 Å². The third kappa shape index (κ3) is 2.62. The molecule has 1 unspecified atom stereocenters. The van der Waals surface area contributed by atoms with Crippen molar-refractivity contribution in [3.8, 4) is 0 Å². The molecule has 0 radical (unpaired) electrons. The number of benzene rings is 1. The molecule has 1 fully saturated rings. The molecule has 3 N–H and O–H groups in total. The molecule has 90 valence electrons. The van der Waals surface area contributed by atoms with Crippen LogP contribution in [0.3, 0.4) is 0 Å². The third-order valence-electron chi connectivity index (χ3n) is 2.82. The largest absolute Gasteiger partial charge is 0.479 e. The van der Waals surface area contributed by atoms with Gasteiger partial charge < -0.3 is 15.7 Å². The minimum absolute atomic E-state index is 0.111. The molecule has 0 aliphatic carbocycles.